The third kappa shape index (κ3) is 4.64. The Kier molecular flexibility index (Phi) is 5.08. The van der Waals surface area contributed by atoms with Gasteiger partial charge in [0, 0.05) is 11.3 Å². The highest BCUT2D eigenvalue weighted by atomic mass is 32.2. The zero-order valence-corrected chi connectivity index (χ0v) is 17.0. The molecule has 29 heavy (non-hydrogen) atoms. The molecule has 2 N–H and O–H groups in total. The average molecular weight is 428 g/mol. The highest BCUT2D eigenvalue weighted by Gasteiger charge is 2.12. The van der Waals surface area contributed by atoms with Crippen molar-refractivity contribution in [2.45, 2.75) is 6.54 Å². The van der Waals surface area contributed by atoms with Crippen molar-refractivity contribution in [1.29, 1.82) is 0 Å². The molecule has 2 aromatic heterocycles. The third-order valence-electron chi connectivity index (χ3n) is 4.02. The quantitative estimate of drug-likeness (QED) is 0.487. The molecule has 2 heterocycles. The van der Waals surface area contributed by atoms with Crippen LogP contribution in [0.5, 0.6) is 0 Å². The van der Waals surface area contributed by atoms with Crippen molar-refractivity contribution in [3.63, 3.8) is 0 Å². The van der Waals surface area contributed by atoms with Crippen LogP contribution in [0.2, 0.25) is 0 Å². The molecule has 4 aromatic rings. The van der Waals surface area contributed by atoms with Crippen molar-refractivity contribution < 1.29 is 17.6 Å². The van der Waals surface area contributed by atoms with E-state index in [2.05, 4.69) is 15.0 Å². The molecule has 0 radical (unpaired) electrons. The van der Waals surface area contributed by atoms with Crippen LogP contribution >= 0.6 is 11.3 Å². The first kappa shape index (κ1) is 19.2. The summed E-state index contributed by atoms with van der Waals surface area (Å²) in [5.74, 6) is 0.910. The van der Waals surface area contributed by atoms with Crippen LogP contribution in [0.1, 0.15) is 16.1 Å². The maximum absolute atomic E-state index is 12.4. The number of furan rings is 1. The number of hydrogen-bond donors (Lipinski definition) is 2. The summed E-state index contributed by atoms with van der Waals surface area (Å²) in [7, 11) is -3.41. The van der Waals surface area contributed by atoms with E-state index in [4.69, 9.17) is 4.42 Å². The largest absolute Gasteiger partial charge is 0.457 e. The Morgan fingerprint density at radius 1 is 1.10 bits per heavy atom. The van der Waals surface area contributed by atoms with Gasteiger partial charge >= 0.3 is 0 Å². The van der Waals surface area contributed by atoms with Gasteiger partial charge in [0.2, 0.25) is 10.0 Å². The zero-order chi connectivity index (χ0) is 20.4. The lowest BCUT2D eigenvalue weighted by atomic mass is 10.2. The standard InChI is InChI=1S/C20H17N3O4S2/c1-29(25,26)23-14-6-4-5-13(11-14)19(24)21-12-15-9-10-17(27-15)20-22-16-7-2-3-8-18(16)28-20/h2-11,23H,12H2,1H3,(H,21,24). The van der Waals surface area contributed by atoms with Crippen LogP contribution in [-0.4, -0.2) is 25.6 Å². The lowest BCUT2D eigenvalue weighted by molar-refractivity contribution is 0.0948. The molecule has 1 amide bonds. The Balaban J connectivity index is 1.43. The lowest BCUT2D eigenvalue weighted by Gasteiger charge is -2.07. The fourth-order valence-corrected chi connectivity index (χ4v) is 4.26. The molecule has 0 unspecified atom stereocenters. The van der Waals surface area contributed by atoms with E-state index in [-0.39, 0.29) is 12.5 Å². The maximum Gasteiger partial charge on any atom is 0.251 e. The van der Waals surface area contributed by atoms with E-state index in [1.165, 1.54) is 6.07 Å². The third-order valence-corrected chi connectivity index (χ3v) is 5.67. The molecule has 7 nitrogen and oxygen atoms in total. The van der Waals surface area contributed by atoms with Crippen LogP contribution in [0.25, 0.3) is 21.0 Å². The zero-order valence-electron chi connectivity index (χ0n) is 15.4. The van der Waals surface area contributed by atoms with Crippen molar-refractivity contribution >= 4 is 43.2 Å². The lowest BCUT2D eigenvalue weighted by Crippen LogP contribution is -2.22. The van der Waals surface area contributed by atoms with Gasteiger partial charge in [-0.2, -0.15) is 0 Å². The van der Waals surface area contributed by atoms with Gasteiger partial charge in [0.1, 0.15) is 5.76 Å². The number of fused-ring (bicyclic) bond motifs is 1. The monoisotopic (exact) mass is 427 g/mol. The number of amides is 1. The molecule has 0 saturated heterocycles. The molecule has 4 rings (SSSR count). The number of benzene rings is 2. The van der Waals surface area contributed by atoms with E-state index >= 15 is 0 Å². The predicted octanol–water partition coefficient (Wildman–Crippen LogP) is 3.86. The first-order chi connectivity index (χ1) is 13.9. The topological polar surface area (TPSA) is 101 Å². The smallest absolute Gasteiger partial charge is 0.251 e. The molecule has 0 saturated carbocycles. The van der Waals surface area contributed by atoms with Crippen LogP contribution in [0.3, 0.4) is 0 Å². The molecular formula is C20H17N3O4S2. The first-order valence-electron chi connectivity index (χ1n) is 8.68. The summed E-state index contributed by atoms with van der Waals surface area (Å²) in [4.78, 5) is 16.9. The van der Waals surface area contributed by atoms with Gasteiger partial charge in [0.05, 0.1) is 23.0 Å². The van der Waals surface area contributed by atoms with E-state index in [1.807, 2.05) is 30.3 Å². The fourth-order valence-electron chi connectivity index (χ4n) is 2.77. The number of thiazole rings is 1. The van der Waals surface area contributed by atoms with E-state index in [0.29, 0.717) is 22.8 Å². The Morgan fingerprint density at radius 3 is 2.72 bits per heavy atom. The fraction of sp³-hybridized carbons (Fsp3) is 0.100. The number of sulfonamides is 1. The second-order valence-corrected chi connectivity index (χ2v) is 9.17. The van der Waals surface area contributed by atoms with Crippen molar-refractivity contribution in [2.24, 2.45) is 0 Å². The SMILES string of the molecule is CS(=O)(=O)Nc1cccc(C(=O)NCc2ccc(-c3nc4ccccc4s3)o2)c1. The molecule has 0 atom stereocenters. The number of rotatable bonds is 6. The van der Waals surface area contributed by atoms with Crippen molar-refractivity contribution in [2.75, 3.05) is 11.0 Å². The number of nitrogens with zero attached hydrogens (tertiary/aromatic N) is 1. The Bertz CT molecular complexity index is 1260. The second kappa shape index (κ2) is 7.69. The molecule has 0 aliphatic carbocycles. The summed E-state index contributed by atoms with van der Waals surface area (Å²) in [5, 5.41) is 3.55. The van der Waals surface area contributed by atoms with Gasteiger partial charge in [-0.1, -0.05) is 18.2 Å². The summed E-state index contributed by atoms with van der Waals surface area (Å²) >= 11 is 1.54. The number of para-hydroxylation sites is 1. The number of hydrogen-bond acceptors (Lipinski definition) is 6. The van der Waals surface area contributed by atoms with Gasteiger partial charge in [-0.25, -0.2) is 13.4 Å². The van der Waals surface area contributed by atoms with Gasteiger partial charge in [0.15, 0.2) is 10.8 Å². The van der Waals surface area contributed by atoms with E-state index in [0.717, 1.165) is 21.5 Å². The summed E-state index contributed by atoms with van der Waals surface area (Å²) < 4.78 is 31.9. The molecule has 148 valence electrons. The Hall–Kier alpha value is -3.17. The number of nitrogens with one attached hydrogen (secondary N) is 2. The predicted molar refractivity (Wildman–Crippen MR) is 113 cm³/mol. The first-order valence-corrected chi connectivity index (χ1v) is 11.4. The normalized spacial score (nSPS) is 11.5. The molecular weight excluding hydrogens is 410 g/mol. The Morgan fingerprint density at radius 2 is 1.93 bits per heavy atom. The summed E-state index contributed by atoms with van der Waals surface area (Å²) in [6.07, 6.45) is 1.06. The summed E-state index contributed by atoms with van der Waals surface area (Å²) in [5.41, 5.74) is 1.59. The molecule has 0 aliphatic rings. The highest BCUT2D eigenvalue weighted by Crippen LogP contribution is 2.31. The maximum atomic E-state index is 12.4. The van der Waals surface area contributed by atoms with Gasteiger partial charge in [0.25, 0.3) is 5.91 Å². The van der Waals surface area contributed by atoms with Crippen LogP contribution in [0, 0.1) is 0 Å². The van der Waals surface area contributed by atoms with Crippen LogP contribution in [0.15, 0.2) is 65.1 Å². The van der Waals surface area contributed by atoms with Crippen molar-refractivity contribution in [3.05, 3.63) is 72.0 Å². The van der Waals surface area contributed by atoms with E-state index < -0.39 is 10.0 Å². The Labute approximate surface area is 171 Å². The molecule has 0 spiro atoms. The number of carbonyl (C=O) groups excluding carboxylic acids is 1. The second-order valence-electron chi connectivity index (χ2n) is 6.39. The summed E-state index contributed by atoms with van der Waals surface area (Å²) in [6, 6.07) is 17.8. The van der Waals surface area contributed by atoms with E-state index in [1.54, 1.807) is 35.6 Å². The molecule has 0 fully saturated rings. The van der Waals surface area contributed by atoms with E-state index in [9.17, 15) is 13.2 Å². The molecule has 0 aliphatic heterocycles. The van der Waals surface area contributed by atoms with Gasteiger partial charge in [-0.15, -0.1) is 11.3 Å². The van der Waals surface area contributed by atoms with Gasteiger partial charge in [-0.3, -0.25) is 9.52 Å². The van der Waals surface area contributed by atoms with Gasteiger partial charge in [-0.05, 0) is 42.5 Å². The summed E-state index contributed by atoms with van der Waals surface area (Å²) in [6.45, 7) is 0.202. The highest BCUT2D eigenvalue weighted by molar-refractivity contribution is 7.92. The number of aromatic nitrogens is 1. The minimum Gasteiger partial charge on any atom is -0.457 e. The minimum absolute atomic E-state index is 0.202. The number of carbonyl (C=O) groups is 1. The van der Waals surface area contributed by atoms with Gasteiger partial charge < -0.3 is 9.73 Å². The average Bonchev–Trinajstić information content (AvgIpc) is 3.31. The van der Waals surface area contributed by atoms with Crippen LogP contribution in [-0.2, 0) is 16.6 Å². The molecule has 0 bridgehead atoms. The van der Waals surface area contributed by atoms with Crippen LogP contribution in [0.4, 0.5) is 5.69 Å². The number of anilines is 1. The van der Waals surface area contributed by atoms with Crippen LogP contribution < -0.4 is 10.0 Å². The molecule has 9 heteroatoms. The van der Waals surface area contributed by atoms with Crippen molar-refractivity contribution in [1.82, 2.24) is 10.3 Å². The van der Waals surface area contributed by atoms with Crippen molar-refractivity contribution in [3.8, 4) is 10.8 Å². The molecule has 2 aromatic carbocycles. The minimum atomic E-state index is -3.41.